The Kier molecular flexibility index (Phi) is 6.03. The summed E-state index contributed by atoms with van der Waals surface area (Å²) in [7, 11) is 1.65. The van der Waals surface area contributed by atoms with E-state index >= 15 is 0 Å². The Morgan fingerprint density at radius 1 is 1.03 bits per heavy atom. The van der Waals surface area contributed by atoms with Crippen molar-refractivity contribution in [2.24, 2.45) is 0 Å². The maximum atomic E-state index is 13.7. The standard InChI is InChI=1S/C27H26ClN5O2/c1-16-13-17(2)30-27(29-16)33-26-25(18(3)31-33)21(20-10-6-8-12-23(20)35-4)14-24(34)32(26)15-19-9-5-7-11-22(19)28/h5-13,21H,14-15H2,1-4H3. The molecular weight excluding hydrogens is 462 g/mol. The number of nitrogens with zero attached hydrogens (tertiary/aromatic N) is 5. The number of hydrogen-bond donors (Lipinski definition) is 0. The van der Waals surface area contributed by atoms with Gasteiger partial charge < -0.3 is 4.74 Å². The third-order valence-electron chi connectivity index (χ3n) is 6.33. The van der Waals surface area contributed by atoms with E-state index in [1.54, 1.807) is 16.7 Å². The lowest BCUT2D eigenvalue weighted by Crippen LogP contribution is -2.38. The van der Waals surface area contributed by atoms with Gasteiger partial charge in [-0.15, -0.1) is 0 Å². The smallest absolute Gasteiger partial charge is 0.252 e. The number of anilines is 1. The van der Waals surface area contributed by atoms with E-state index in [-0.39, 0.29) is 18.2 Å². The molecule has 0 saturated heterocycles. The Morgan fingerprint density at radius 2 is 1.71 bits per heavy atom. The number of aromatic nitrogens is 4. The quantitative estimate of drug-likeness (QED) is 0.381. The van der Waals surface area contributed by atoms with Crippen molar-refractivity contribution < 1.29 is 9.53 Å². The van der Waals surface area contributed by atoms with Gasteiger partial charge in [-0.25, -0.2) is 9.97 Å². The van der Waals surface area contributed by atoms with Gasteiger partial charge in [-0.05, 0) is 44.5 Å². The van der Waals surface area contributed by atoms with E-state index in [9.17, 15) is 4.79 Å². The highest BCUT2D eigenvalue weighted by molar-refractivity contribution is 6.31. The van der Waals surface area contributed by atoms with Crippen molar-refractivity contribution in [1.82, 2.24) is 19.7 Å². The number of rotatable bonds is 5. The fraction of sp³-hybridized carbons (Fsp3) is 0.259. The Labute approximate surface area is 209 Å². The van der Waals surface area contributed by atoms with Crippen LogP contribution in [0.3, 0.4) is 0 Å². The summed E-state index contributed by atoms with van der Waals surface area (Å²) in [6.07, 6.45) is 0.290. The lowest BCUT2D eigenvalue weighted by molar-refractivity contribution is -0.119. The van der Waals surface area contributed by atoms with Gasteiger partial charge >= 0.3 is 0 Å². The van der Waals surface area contributed by atoms with Crippen molar-refractivity contribution in [3.05, 3.63) is 93.4 Å². The molecular formula is C27H26ClN5O2. The first-order valence-electron chi connectivity index (χ1n) is 11.5. The first kappa shape index (κ1) is 23.1. The maximum absolute atomic E-state index is 13.7. The summed E-state index contributed by atoms with van der Waals surface area (Å²) in [4.78, 5) is 24.8. The van der Waals surface area contributed by atoms with Crippen molar-refractivity contribution in [3.8, 4) is 11.7 Å². The molecule has 8 heteroatoms. The summed E-state index contributed by atoms with van der Waals surface area (Å²) in [6, 6.07) is 17.3. The van der Waals surface area contributed by atoms with Gasteiger partial charge in [0.15, 0.2) is 0 Å². The minimum absolute atomic E-state index is 0.0288. The monoisotopic (exact) mass is 487 g/mol. The highest BCUT2D eigenvalue weighted by Gasteiger charge is 2.39. The zero-order chi connectivity index (χ0) is 24.7. The molecule has 2 aromatic heterocycles. The van der Waals surface area contributed by atoms with Gasteiger partial charge in [-0.2, -0.15) is 9.78 Å². The van der Waals surface area contributed by atoms with Crippen LogP contribution in [-0.2, 0) is 11.3 Å². The molecule has 3 heterocycles. The predicted molar refractivity (Wildman–Crippen MR) is 135 cm³/mol. The summed E-state index contributed by atoms with van der Waals surface area (Å²) < 4.78 is 7.35. The topological polar surface area (TPSA) is 73.1 Å². The Morgan fingerprint density at radius 3 is 2.43 bits per heavy atom. The van der Waals surface area contributed by atoms with Gasteiger partial charge in [0, 0.05) is 39.9 Å². The largest absolute Gasteiger partial charge is 0.496 e. The number of fused-ring (bicyclic) bond motifs is 1. The molecule has 1 aliphatic heterocycles. The van der Waals surface area contributed by atoms with E-state index in [2.05, 4.69) is 9.97 Å². The number of para-hydroxylation sites is 1. The lowest BCUT2D eigenvalue weighted by Gasteiger charge is -2.33. The molecule has 178 valence electrons. The van der Waals surface area contributed by atoms with Crippen LogP contribution in [0.4, 0.5) is 5.82 Å². The molecule has 0 saturated carbocycles. The van der Waals surface area contributed by atoms with Crippen LogP contribution in [0.1, 0.15) is 46.1 Å². The third kappa shape index (κ3) is 4.17. The van der Waals surface area contributed by atoms with Crippen molar-refractivity contribution in [3.63, 3.8) is 0 Å². The van der Waals surface area contributed by atoms with Crippen molar-refractivity contribution >= 4 is 23.3 Å². The van der Waals surface area contributed by atoms with E-state index in [1.807, 2.05) is 75.4 Å². The highest BCUT2D eigenvalue weighted by Crippen LogP contribution is 2.45. The normalized spacial score (nSPS) is 15.3. The summed E-state index contributed by atoms with van der Waals surface area (Å²) >= 11 is 6.48. The third-order valence-corrected chi connectivity index (χ3v) is 6.69. The first-order chi connectivity index (χ1) is 16.9. The zero-order valence-electron chi connectivity index (χ0n) is 20.1. The van der Waals surface area contributed by atoms with Gasteiger partial charge in [-0.1, -0.05) is 48.0 Å². The maximum Gasteiger partial charge on any atom is 0.252 e. The molecule has 1 aliphatic rings. The molecule has 5 rings (SSSR count). The predicted octanol–water partition coefficient (Wildman–Crippen LogP) is 5.32. The Hall–Kier alpha value is -3.71. The number of halogens is 1. The van der Waals surface area contributed by atoms with Crippen LogP contribution in [-0.4, -0.2) is 32.8 Å². The van der Waals surface area contributed by atoms with E-state index in [4.69, 9.17) is 21.4 Å². The summed E-state index contributed by atoms with van der Waals surface area (Å²) in [5, 5.41) is 5.46. The molecule has 4 aromatic rings. The number of aryl methyl sites for hydroxylation is 3. The molecule has 0 aliphatic carbocycles. The number of ether oxygens (including phenoxy) is 1. The molecule has 0 spiro atoms. The van der Waals surface area contributed by atoms with Crippen molar-refractivity contribution in [1.29, 1.82) is 0 Å². The minimum atomic E-state index is -0.212. The average molecular weight is 488 g/mol. The SMILES string of the molecule is COc1ccccc1C1CC(=O)N(Cc2ccccc2Cl)c2c1c(C)nn2-c1nc(C)cc(C)n1. The number of methoxy groups -OCH3 is 1. The Bertz CT molecular complexity index is 1410. The Balaban J connectivity index is 1.74. The number of hydrogen-bond acceptors (Lipinski definition) is 5. The molecule has 0 fully saturated rings. The van der Waals surface area contributed by atoms with Crippen LogP contribution in [0.15, 0.2) is 54.6 Å². The summed E-state index contributed by atoms with van der Waals surface area (Å²) in [5.41, 5.74) is 5.24. The molecule has 1 atom stereocenters. The second-order valence-corrected chi connectivity index (χ2v) is 9.16. The molecule has 2 aromatic carbocycles. The fourth-order valence-electron chi connectivity index (χ4n) is 4.82. The highest BCUT2D eigenvalue weighted by atomic mass is 35.5. The van der Waals surface area contributed by atoms with Crippen LogP contribution in [0.2, 0.25) is 5.02 Å². The molecule has 0 radical (unpaired) electrons. The van der Waals surface area contributed by atoms with Crippen LogP contribution in [0.5, 0.6) is 5.75 Å². The number of carbonyl (C=O) groups is 1. The lowest BCUT2D eigenvalue weighted by atomic mass is 9.84. The van der Waals surface area contributed by atoms with Crippen LogP contribution in [0, 0.1) is 20.8 Å². The van der Waals surface area contributed by atoms with Crippen LogP contribution in [0.25, 0.3) is 5.95 Å². The van der Waals surface area contributed by atoms with Gasteiger partial charge in [0.2, 0.25) is 5.91 Å². The number of benzene rings is 2. The molecule has 1 amide bonds. The number of amides is 1. The average Bonchev–Trinajstić information content (AvgIpc) is 3.18. The molecule has 0 bridgehead atoms. The van der Waals surface area contributed by atoms with Crippen LogP contribution < -0.4 is 9.64 Å². The van der Waals surface area contributed by atoms with Crippen molar-refractivity contribution in [2.75, 3.05) is 12.0 Å². The van der Waals surface area contributed by atoms with Gasteiger partial charge in [-0.3, -0.25) is 9.69 Å². The minimum Gasteiger partial charge on any atom is -0.496 e. The van der Waals surface area contributed by atoms with E-state index in [0.29, 0.717) is 23.3 Å². The second-order valence-electron chi connectivity index (χ2n) is 8.76. The van der Waals surface area contributed by atoms with Gasteiger partial charge in [0.25, 0.3) is 5.95 Å². The first-order valence-corrected chi connectivity index (χ1v) is 11.8. The zero-order valence-corrected chi connectivity index (χ0v) is 20.9. The van der Waals surface area contributed by atoms with Gasteiger partial charge in [0.1, 0.15) is 11.6 Å². The number of carbonyl (C=O) groups excluding carboxylic acids is 1. The summed E-state index contributed by atoms with van der Waals surface area (Å²) in [5.74, 6) is 1.60. The fourth-order valence-corrected chi connectivity index (χ4v) is 5.02. The molecule has 35 heavy (non-hydrogen) atoms. The van der Waals surface area contributed by atoms with Crippen molar-refractivity contribution in [2.45, 2.75) is 39.7 Å². The molecule has 0 N–H and O–H groups in total. The second kappa shape index (κ2) is 9.15. The van der Waals surface area contributed by atoms with Crippen LogP contribution >= 0.6 is 11.6 Å². The summed E-state index contributed by atoms with van der Waals surface area (Å²) in [6.45, 7) is 6.13. The van der Waals surface area contributed by atoms with E-state index < -0.39 is 0 Å². The molecule has 7 nitrogen and oxygen atoms in total. The molecule has 1 unspecified atom stereocenters. The van der Waals surface area contributed by atoms with E-state index in [1.165, 1.54) is 0 Å². The van der Waals surface area contributed by atoms with Gasteiger partial charge in [0.05, 0.1) is 19.3 Å². The van der Waals surface area contributed by atoms with E-state index in [0.717, 1.165) is 39.5 Å².